The van der Waals surface area contributed by atoms with Crippen molar-refractivity contribution in [1.29, 1.82) is 0 Å². The molecule has 1 unspecified atom stereocenters. The predicted octanol–water partition coefficient (Wildman–Crippen LogP) is 5.85. The average molecular weight is 488 g/mol. The molecule has 36 heavy (non-hydrogen) atoms. The largest absolute Gasteiger partial charge is 0.504 e. The van der Waals surface area contributed by atoms with Crippen LogP contribution < -0.4 is 4.74 Å². The zero-order chi connectivity index (χ0) is 25.2. The van der Waals surface area contributed by atoms with Gasteiger partial charge in [-0.2, -0.15) is 0 Å². The molecule has 2 aromatic carbocycles. The second kappa shape index (κ2) is 10.3. The van der Waals surface area contributed by atoms with Crippen LogP contribution in [0, 0.1) is 5.92 Å². The average Bonchev–Trinajstić information content (AvgIpc) is 3.38. The van der Waals surface area contributed by atoms with Gasteiger partial charge in [0, 0.05) is 23.7 Å². The van der Waals surface area contributed by atoms with E-state index in [2.05, 4.69) is 12.1 Å². The third kappa shape index (κ3) is 4.69. The fourth-order valence-electron chi connectivity index (χ4n) is 5.98. The van der Waals surface area contributed by atoms with Crippen molar-refractivity contribution < 1.29 is 24.2 Å². The molecule has 1 N–H and O–H groups in total. The van der Waals surface area contributed by atoms with Crippen LogP contribution in [0.1, 0.15) is 75.3 Å². The molecule has 0 aromatic heterocycles. The molecule has 3 aliphatic rings. The summed E-state index contributed by atoms with van der Waals surface area (Å²) < 4.78 is 11.6. The van der Waals surface area contributed by atoms with Crippen LogP contribution in [0.25, 0.3) is 0 Å². The van der Waals surface area contributed by atoms with Crippen LogP contribution in [0.4, 0.5) is 0 Å². The lowest BCUT2D eigenvalue weighted by Crippen LogP contribution is -2.41. The van der Waals surface area contributed by atoms with Crippen molar-refractivity contribution in [2.24, 2.45) is 10.9 Å². The van der Waals surface area contributed by atoms with Crippen LogP contribution in [0.2, 0.25) is 0 Å². The van der Waals surface area contributed by atoms with E-state index >= 15 is 0 Å². The lowest BCUT2D eigenvalue weighted by atomic mass is 9.66. The zero-order valence-electron chi connectivity index (χ0n) is 20.9. The number of rotatable bonds is 6. The number of allylic oxidation sites excluding steroid dienone is 1. The minimum atomic E-state index is -0.543. The summed E-state index contributed by atoms with van der Waals surface area (Å²) >= 11 is 0. The van der Waals surface area contributed by atoms with Crippen LogP contribution in [-0.2, 0) is 14.3 Å². The van der Waals surface area contributed by atoms with E-state index in [-0.39, 0.29) is 23.6 Å². The number of benzene rings is 2. The lowest BCUT2D eigenvalue weighted by Gasteiger charge is -2.38. The number of carbonyl (C=O) groups excluding carboxylic acids is 2. The Bertz CT molecular complexity index is 1210. The first-order valence-corrected chi connectivity index (χ1v) is 13.0. The SMILES string of the molecule is CCOc1cc([C@H]2C(C(=O)OC3CCCC3)=C(C)N=C3C[C@H](c4ccccc4)CC(=O)C32)ccc1O. The molecule has 3 atom stereocenters. The number of hydrogen-bond acceptors (Lipinski definition) is 6. The molecule has 2 aromatic rings. The highest BCUT2D eigenvalue weighted by Crippen LogP contribution is 2.47. The summed E-state index contributed by atoms with van der Waals surface area (Å²) in [4.78, 5) is 32.2. The summed E-state index contributed by atoms with van der Waals surface area (Å²) in [5.41, 5.74) is 3.72. The second-order valence-electron chi connectivity index (χ2n) is 10.0. The molecule has 0 bridgehead atoms. The number of aliphatic imine (C=N–C) groups is 1. The van der Waals surface area contributed by atoms with E-state index in [1.807, 2.05) is 32.0 Å². The van der Waals surface area contributed by atoms with Gasteiger partial charge in [0.15, 0.2) is 11.5 Å². The molecule has 1 heterocycles. The Labute approximate surface area is 212 Å². The minimum absolute atomic E-state index is 0.0280. The Morgan fingerprint density at radius 2 is 1.78 bits per heavy atom. The van der Waals surface area contributed by atoms with Crippen molar-refractivity contribution >= 4 is 17.5 Å². The van der Waals surface area contributed by atoms with Gasteiger partial charge in [0.05, 0.1) is 18.1 Å². The van der Waals surface area contributed by atoms with E-state index in [0.29, 0.717) is 36.5 Å². The maximum absolute atomic E-state index is 13.8. The van der Waals surface area contributed by atoms with Crippen molar-refractivity contribution in [2.45, 2.75) is 70.3 Å². The summed E-state index contributed by atoms with van der Waals surface area (Å²) in [5, 5.41) is 10.3. The number of ether oxygens (including phenoxy) is 2. The Morgan fingerprint density at radius 3 is 2.50 bits per heavy atom. The Kier molecular flexibility index (Phi) is 6.95. The van der Waals surface area contributed by atoms with Crippen LogP contribution in [0.5, 0.6) is 11.5 Å². The number of carbonyl (C=O) groups is 2. The van der Waals surface area contributed by atoms with Crippen molar-refractivity contribution in [1.82, 2.24) is 0 Å². The summed E-state index contributed by atoms with van der Waals surface area (Å²) in [5.74, 6) is -0.965. The summed E-state index contributed by atoms with van der Waals surface area (Å²) in [6, 6.07) is 15.2. The molecule has 0 radical (unpaired) electrons. The number of nitrogens with zero attached hydrogens (tertiary/aromatic N) is 1. The summed E-state index contributed by atoms with van der Waals surface area (Å²) in [6.07, 6.45) is 4.81. The smallest absolute Gasteiger partial charge is 0.336 e. The Morgan fingerprint density at radius 1 is 1.03 bits per heavy atom. The molecule has 0 saturated heterocycles. The molecule has 0 amide bonds. The normalized spacial score (nSPS) is 24.3. The highest BCUT2D eigenvalue weighted by Gasteiger charge is 2.46. The fraction of sp³-hybridized carbons (Fsp3) is 0.433. The van der Waals surface area contributed by atoms with Gasteiger partial charge >= 0.3 is 5.97 Å². The highest BCUT2D eigenvalue weighted by atomic mass is 16.5. The van der Waals surface area contributed by atoms with Crippen molar-refractivity contribution in [3.8, 4) is 11.5 Å². The van der Waals surface area contributed by atoms with E-state index in [9.17, 15) is 14.7 Å². The van der Waals surface area contributed by atoms with Gasteiger partial charge in [0.2, 0.25) is 0 Å². The number of Topliss-reactive ketones (excluding diaryl/α,β-unsaturated/α-hetero) is 1. The number of fused-ring (bicyclic) bond motifs is 1. The lowest BCUT2D eigenvalue weighted by molar-refractivity contribution is -0.144. The molecule has 2 aliphatic carbocycles. The molecule has 6 nitrogen and oxygen atoms in total. The van der Waals surface area contributed by atoms with E-state index in [1.165, 1.54) is 0 Å². The molecule has 2 saturated carbocycles. The number of phenolic OH excluding ortho intramolecular Hbond substituents is 1. The monoisotopic (exact) mass is 487 g/mol. The van der Waals surface area contributed by atoms with Crippen LogP contribution in [-0.4, -0.2) is 35.3 Å². The van der Waals surface area contributed by atoms with Gasteiger partial charge in [0.25, 0.3) is 0 Å². The van der Waals surface area contributed by atoms with Crippen LogP contribution in [0.3, 0.4) is 0 Å². The predicted molar refractivity (Wildman–Crippen MR) is 137 cm³/mol. The van der Waals surface area contributed by atoms with Crippen molar-refractivity contribution in [2.75, 3.05) is 6.61 Å². The van der Waals surface area contributed by atoms with E-state index < -0.39 is 17.8 Å². The number of ketones is 1. The number of phenols is 1. The van der Waals surface area contributed by atoms with Crippen LogP contribution in [0.15, 0.2) is 64.8 Å². The molecular weight excluding hydrogens is 454 g/mol. The van der Waals surface area contributed by atoms with Gasteiger partial charge in [0.1, 0.15) is 11.9 Å². The first-order chi connectivity index (χ1) is 17.5. The number of hydrogen-bond donors (Lipinski definition) is 1. The van der Waals surface area contributed by atoms with Gasteiger partial charge in [-0.15, -0.1) is 0 Å². The number of aromatic hydroxyl groups is 1. The third-order valence-electron chi connectivity index (χ3n) is 7.66. The van der Waals surface area contributed by atoms with Gasteiger partial charge < -0.3 is 14.6 Å². The second-order valence-corrected chi connectivity index (χ2v) is 10.0. The summed E-state index contributed by atoms with van der Waals surface area (Å²) in [7, 11) is 0. The molecule has 5 rings (SSSR count). The third-order valence-corrected chi connectivity index (χ3v) is 7.66. The Balaban J connectivity index is 1.57. The topological polar surface area (TPSA) is 85.2 Å². The van der Waals surface area contributed by atoms with Gasteiger partial charge in [-0.1, -0.05) is 36.4 Å². The minimum Gasteiger partial charge on any atom is -0.504 e. The van der Waals surface area contributed by atoms with E-state index in [1.54, 1.807) is 18.2 Å². The molecule has 6 heteroatoms. The van der Waals surface area contributed by atoms with E-state index in [0.717, 1.165) is 42.5 Å². The van der Waals surface area contributed by atoms with Gasteiger partial charge in [-0.25, -0.2) is 4.79 Å². The quantitative estimate of drug-likeness (QED) is 0.517. The zero-order valence-corrected chi connectivity index (χ0v) is 20.9. The molecular formula is C30H33NO5. The first kappa shape index (κ1) is 24.3. The van der Waals surface area contributed by atoms with E-state index in [4.69, 9.17) is 14.5 Å². The maximum Gasteiger partial charge on any atom is 0.336 e. The highest BCUT2D eigenvalue weighted by molar-refractivity contribution is 6.12. The molecule has 188 valence electrons. The van der Waals surface area contributed by atoms with Crippen molar-refractivity contribution in [3.05, 3.63) is 70.9 Å². The number of esters is 1. The van der Waals surface area contributed by atoms with Gasteiger partial charge in [-0.05, 0) is 75.1 Å². The molecule has 1 aliphatic heterocycles. The van der Waals surface area contributed by atoms with Gasteiger partial charge in [-0.3, -0.25) is 9.79 Å². The molecule has 0 spiro atoms. The Hall–Kier alpha value is -3.41. The van der Waals surface area contributed by atoms with Crippen LogP contribution >= 0.6 is 0 Å². The molecule has 2 fully saturated rings. The van der Waals surface area contributed by atoms with Crippen molar-refractivity contribution in [3.63, 3.8) is 0 Å². The standard InChI is InChI=1S/C30H33NO5/c1-3-35-26-17-20(13-14-24(26)32)28-27(30(34)36-22-11-7-8-12-22)18(2)31-23-15-21(16-25(33)29(23)28)19-9-5-4-6-10-19/h4-6,9-10,13-14,17,21-22,28-29,32H,3,7-8,11-12,15-16H2,1-2H3/t21-,28-,29?/m0/s1. The fourth-order valence-corrected chi connectivity index (χ4v) is 5.98. The first-order valence-electron chi connectivity index (χ1n) is 13.0. The summed E-state index contributed by atoms with van der Waals surface area (Å²) in [6.45, 7) is 4.07. The maximum atomic E-state index is 13.8.